The highest BCUT2D eigenvalue weighted by atomic mass is 19.1. The summed E-state index contributed by atoms with van der Waals surface area (Å²) < 4.78 is 19.9. The molecule has 0 amide bonds. The lowest BCUT2D eigenvalue weighted by Crippen LogP contribution is -2.46. The van der Waals surface area contributed by atoms with Crippen LogP contribution in [-0.2, 0) is 6.54 Å². The van der Waals surface area contributed by atoms with E-state index < -0.39 is 0 Å². The highest BCUT2D eigenvalue weighted by molar-refractivity contribution is 6.01. The molecule has 0 unspecified atom stereocenters. The Morgan fingerprint density at radius 3 is 2.73 bits per heavy atom. The second kappa shape index (κ2) is 7.28. The van der Waals surface area contributed by atoms with E-state index in [-0.39, 0.29) is 17.0 Å². The molecule has 0 radical (unpaired) electrons. The highest BCUT2D eigenvalue weighted by Crippen LogP contribution is 2.25. The Bertz CT molecular complexity index is 1350. The number of H-pyrrole nitrogens is 1. The monoisotopic (exact) mass is 403 g/mol. The van der Waals surface area contributed by atoms with E-state index in [0.29, 0.717) is 60.9 Å². The molecule has 2 aromatic carbocycles. The van der Waals surface area contributed by atoms with Crippen LogP contribution in [0, 0.1) is 17.1 Å². The third-order valence-corrected chi connectivity index (χ3v) is 5.44. The van der Waals surface area contributed by atoms with Crippen LogP contribution in [0.5, 0.6) is 0 Å². The van der Waals surface area contributed by atoms with Crippen molar-refractivity contribution in [3.63, 3.8) is 0 Å². The molecule has 0 saturated carbocycles. The number of nitriles is 1. The Labute approximate surface area is 171 Å². The number of halogens is 1. The van der Waals surface area contributed by atoms with Gasteiger partial charge < -0.3 is 14.3 Å². The molecule has 0 bridgehead atoms. The summed E-state index contributed by atoms with van der Waals surface area (Å²) in [5, 5.41) is 9.71. The van der Waals surface area contributed by atoms with Gasteiger partial charge in [0.15, 0.2) is 0 Å². The van der Waals surface area contributed by atoms with E-state index in [4.69, 9.17) is 9.68 Å². The van der Waals surface area contributed by atoms with Gasteiger partial charge in [0.1, 0.15) is 22.7 Å². The van der Waals surface area contributed by atoms with Crippen molar-refractivity contribution in [1.82, 2.24) is 14.9 Å². The number of anilines is 1. The van der Waals surface area contributed by atoms with E-state index >= 15 is 0 Å². The molecule has 0 aliphatic carbocycles. The Morgan fingerprint density at radius 1 is 1.17 bits per heavy atom. The molecule has 4 aromatic rings. The van der Waals surface area contributed by atoms with Gasteiger partial charge in [-0.15, -0.1) is 0 Å². The molecule has 0 spiro atoms. The van der Waals surface area contributed by atoms with Crippen molar-refractivity contribution in [3.05, 3.63) is 70.0 Å². The molecule has 1 aliphatic rings. The minimum atomic E-state index is -0.384. The number of nitrogens with one attached hydrogen (secondary N) is 1. The first-order valence-corrected chi connectivity index (χ1v) is 9.70. The summed E-state index contributed by atoms with van der Waals surface area (Å²) in [5.41, 5.74) is 1.98. The molecule has 5 rings (SSSR count). The van der Waals surface area contributed by atoms with E-state index in [9.17, 15) is 9.18 Å². The second-order valence-electron chi connectivity index (χ2n) is 7.33. The zero-order valence-corrected chi connectivity index (χ0v) is 16.1. The Balaban J connectivity index is 1.33. The Morgan fingerprint density at radius 2 is 1.97 bits per heavy atom. The molecule has 1 N–H and O–H groups in total. The third-order valence-electron chi connectivity index (χ3n) is 5.44. The number of aromatic nitrogens is 2. The average molecular weight is 403 g/mol. The van der Waals surface area contributed by atoms with Crippen molar-refractivity contribution >= 4 is 27.8 Å². The Kier molecular flexibility index (Phi) is 4.45. The molecular weight excluding hydrogens is 385 g/mol. The average Bonchev–Trinajstić information content (AvgIpc) is 3.14. The van der Waals surface area contributed by atoms with E-state index in [0.717, 1.165) is 5.39 Å². The van der Waals surface area contributed by atoms with Crippen molar-refractivity contribution in [3.8, 4) is 6.07 Å². The lowest BCUT2D eigenvalue weighted by atomic mass is 10.2. The smallest absolute Gasteiger partial charge is 0.294 e. The number of para-hydroxylation sites is 1. The topological polar surface area (TPSA) is 89.2 Å². The zero-order valence-electron chi connectivity index (χ0n) is 16.1. The van der Waals surface area contributed by atoms with Gasteiger partial charge in [-0.25, -0.2) is 9.37 Å². The van der Waals surface area contributed by atoms with E-state index in [1.165, 1.54) is 6.07 Å². The number of hydrogen-bond donors (Lipinski definition) is 1. The van der Waals surface area contributed by atoms with Gasteiger partial charge in [-0.1, -0.05) is 12.1 Å². The maximum atomic E-state index is 14.3. The number of benzene rings is 2. The molecule has 1 aliphatic heterocycles. The summed E-state index contributed by atoms with van der Waals surface area (Å²) in [6.07, 6.45) is 0. The van der Waals surface area contributed by atoms with Gasteiger partial charge in [-0.3, -0.25) is 9.69 Å². The van der Waals surface area contributed by atoms with Gasteiger partial charge in [-0.2, -0.15) is 5.26 Å². The molecule has 1 saturated heterocycles. The van der Waals surface area contributed by atoms with Gasteiger partial charge in [0.25, 0.3) is 5.56 Å². The standard InChI is InChI=1S/C22H18FN5O2/c23-16-11-14(12-24)5-6-17(16)28-9-7-27(8-10-28)13-19-25-20-15-3-1-2-4-18(15)30-21(20)22(29)26-19/h1-6,11H,7-10,13H2,(H,25,26,29). The predicted octanol–water partition coefficient (Wildman–Crippen LogP) is 3.00. The molecular formula is C22H18FN5O2. The van der Waals surface area contributed by atoms with Crippen molar-refractivity contribution in [1.29, 1.82) is 5.26 Å². The fourth-order valence-electron chi connectivity index (χ4n) is 3.91. The van der Waals surface area contributed by atoms with Crippen molar-refractivity contribution in [2.24, 2.45) is 0 Å². The summed E-state index contributed by atoms with van der Waals surface area (Å²) >= 11 is 0. The van der Waals surface area contributed by atoms with Crippen LogP contribution in [0.3, 0.4) is 0 Å². The number of nitrogens with zero attached hydrogens (tertiary/aromatic N) is 4. The van der Waals surface area contributed by atoms with Crippen LogP contribution in [0.2, 0.25) is 0 Å². The van der Waals surface area contributed by atoms with Crippen LogP contribution in [0.4, 0.5) is 10.1 Å². The molecule has 2 aromatic heterocycles. The number of piperazine rings is 1. The van der Waals surface area contributed by atoms with Crippen molar-refractivity contribution < 1.29 is 8.81 Å². The van der Waals surface area contributed by atoms with Crippen molar-refractivity contribution in [2.75, 3.05) is 31.1 Å². The van der Waals surface area contributed by atoms with Crippen LogP contribution in [0.25, 0.3) is 22.1 Å². The highest BCUT2D eigenvalue weighted by Gasteiger charge is 2.21. The second-order valence-corrected chi connectivity index (χ2v) is 7.33. The first kappa shape index (κ1) is 18.3. The third kappa shape index (κ3) is 3.19. The molecule has 30 heavy (non-hydrogen) atoms. The predicted molar refractivity (Wildman–Crippen MR) is 111 cm³/mol. The molecule has 3 heterocycles. The van der Waals surface area contributed by atoms with Gasteiger partial charge in [-0.05, 0) is 30.3 Å². The minimum Gasteiger partial charge on any atom is -0.449 e. The van der Waals surface area contributed by atoms with E-state index in [1.807, 2.05) is 35.2 Å². The number of hydrogen-bond acceptors (Lipinski definition) is 6. The summed E-state index contributed by atoms with van der Waals surface area (Å²) in [4.78, 5) is 24.0. The van der Waals surface area contributed by atoms with Crippen LogP contribution < -0.4 is 10.5 Å². The van der Waals surface area contributed by atoms with Crippen LogP contribution >= 0.6 is 0 Å². The molecule has 1 fully saturated rings. The maximum Gasteiger partial charge on any atom is 0.294 e. The summed E-state index contributed by atoms with van der Waals surface area (Å²) in [6.45, 7) is 3.18. The molecule has 150 valence electrons. The lowest BCUT2D eigenvalue weighted by Gasteiger charge is -2.35. The normalized spacial score (nSPS) is 15.0. The van der Waals surface area contributed by atoms with Crippen LogP contribution in [0.15, 0.2) is 51.7 Å². The zero-order chi connectivity index (χ0) is 20.7. The lowest BCUT2D eigenvalue weighted by molar-refractivity contribution is 0.243. The van der Waals surface area contributed by atoms with E-state index in [2.05, 4.69) is 14.9 Å². The first-order valence-electron chi connectivity index (χ1n) is 9.70. The minimum absolute atomic E-state index is 0.237. The Hall–Kier alpha value is -3.70. The SMILES string of the molecule is N#Cc1ccc(N2CCN(Cc3nc4c(oc5ccccc54)c(=O)[nH]3)CC2)c(F)c1. The van der Waals surface area contributed by atoms with Crippen LogP contribution in [0.1, 0.15) is 11.4 Å². The molecule has 0 atom stereocenters. The largest absolute Gasteiger partial charge is 0.449 e. The maximum absolute atomic E-state index is 14.3. The molecule has 8 heteroatoms. The molecule has 7 nitrogen and oxygen atoms in total. The van der Waals surface area contributed by atoms with Gasteiger partial charge in [0, 0.05) is 31.6 Å². The fourth-order valence-corrected chi connectivity index (χ4v) is 3.91. The number of fused-ring (bicyclic) bond motifs is 3. The van der Waals surface area contributed by atoms with Gasteiger partial charge in [0.05, 0.1) is 23.9 Å². The number of furan rings is 1. The summed E-state index contributed by atoms with van der Waals surface area (Å²) in [7, 11) is 0. The fraction of sp³-hybridized carbons (Fsp3) is 0.227. The van der Waals surface area contributed by atoms with Crippen molar-refractivity contribution in [2.45, 2.75) is 6.54 Å². The number of aromatic amines is 1. The summed E-state index contributed by atoms with van der Waals surface area (Å²) in [5.74, 6) is 0.197. The number of rotatable bonds is 3. The summed E-state index contributed by atoms with van der Waals surface area (Å²) in [6, 6.07) is 14.0. The van der Waals surface area contributed by atoms with E-state index in [1.54, 1.807) is 12.1 Å². The van der Waals surface area contributed by atoms with Gasteiger partial charge >= 0.3 is 0 Å². The van der Waals surface area contributed by atoms with Crippen LogP contribution in [-0.4, -0.2) is 41.0 Å². The van der Waals surface area contributed by atoms with Gasteiger partial charge in [0.2, 0.25) is 5.58 Å². The first-order chi connectivity index (χ1) is 14.6. The quantitative estimate of drug-likeness (QED) is 0.566.